The summed E-state index contributed by atoms with van der Waals surface area (Å²) in [5, 5.41) is 13.5. The normalized spacial score (nSPS) is 11.4. The highest BCUT2D eigenvalue weighted by Crippen LogP contribution is 2.23. The maximum Gasteiger partial charge on any atom is 0.250 e. The molecule has 0 unspecified atom stereocenters. The summed E-state index contributed by atoms with van der Waals surface area (Å²) >= 11 is 7.21. The summed E-state index contributed by atoms with van der Waals surface area (Å²) < 4.78 is 1.84. The molecule has 1 N–H and O–H groups in total. The van der Waals surface area contributed by atoms with Gasteiger partial charge in [0, 0.05) is 23.8 Å². The number of carbonyl (C=O) groups excluding carboxylic acids is 1. The van der Waals surface area contributed by atoms with E-state index in [0.29, 0.717) is 16.0 Å². The van der Waals surface area contributed by atoms with Gasteiger partial charge in [-0.25, -0.2) is 5.43 Å². The van der Waals surface area contributed by atoms with Gasteiger partial charge in [0.05, 0.1) is 5.75 Å². The second kappa shape index (κ2) is 9.87. The molecule has 6 nitrogen and oxygen atoms in total. The van der Waals surface area contributed by atoms with Crippen molar-refractivity contribution in [2.75, 3.05) is 5.75 Å². The van der Waals surface area contributed by atoms with Crippen molar-refractivity contribution in [1.82, 2.24) is 20.2 Å². The van der Waals surface area contributed by atoms with Crippen LogP contribution in [0.25, 0.3) is 17.5 Å². The third kappa shape index (κ3) is 5.55. The van der Waals surface area contributed by atoms with Gasteiger partial charge in [-0.05, 0) is 35.9 Å². The topological polar surface area (TPSA) is 72.2 Å². The molecule has 0 bridgehead atoms. The largest absolute Gasteiger partial charge is 0.305 e. The van der Waals surface area contributed by atoms with Crippen LogP contribution < -0.4 is 5.43 Å². The highest BCUT2D eigenvalue weighted by atomic mass is 35.5. The van der Waals surface area contributed by atoms with Gasteiger partial charge < -0.3 is 4.57 Å². The van der Waals surface area contributed by atoms with Crippen molar-refractivity contribution in [3.05, 3.63) is 71.3 Å². The molecule has 142 valence electrons. The van der Waals surface area contributed by atoms with E-state index in [4.69, 9.17) is 11.6 Å². The average molecular weight is 412 g/mol. The quantitative estimate of drug-likeness (QED) is 0.361. The average Bonchev–Trinajstić information content (AvgIpc) is 3.08. The molecule has 2 aromatic carbocycles. The lowest BCUT2D eigenvalue weighted by Gasteiger charge is -2.03. The summed E-state index contributed by atoms with van der Waals surface area (Å²) in [6.45, 7) is 0. The van der Waals surface area contributed by atoms with Crippen molar-refractivity contribution in [3.8, 4) is 11.4 Å². The Kier molecular flexibility index (Phi) is 7.00. The standard InChI is InChI=1S/C20H18ClN5OS/c1-26-19(16-9-11-17(21)12-10-16)24-25-20(26)28-14-18(27)23-22-13-5-8-15-6-3-2-4-7-15/h2-13H,14H2,1H3,(H,23,27)/b8-5+,22-13-. The number of hydrogen-bond donors (Lipinski definition) is 1. The van der Waals surface area contributed by atoms with Crippen LogP contribution >= 0.6 is 23.4 Å². The van der Waals surface area contributed by atoms with Gasteiger partial charge in [0.2, 0.25) is 0 Å². The molecule has 0 saturated carbocycles. The summed E-state index contributed by atoms with van der Waals surface area (Å²) in [4.78, 5) is 11.9. The first-order valence-electron chi connectivity index (χ1n) is 8.45. The van der Waals surface area contributed by atoms with Crippen molar-refractivity contribution >= 4 is 41.6 Å². The van der Waals surface area contributed by atoms with E-state index in [2.05, 4.69) is 20.7 Å². The van der Waals surface area contributed by atoms with Crippen LogP contribution in [0, 0.1) is 0 Å². The molecule has 0 aliphatic rings. The molecule has 0 saturated heterocycles. The Morgan fingerprint density at radius 1 is 1.18 bits per heavy atom. The van der Waals surface area contributed by atoms with E-state index in [1.165, 1.54) is 18.0 Å². The third-order valence-corrected chi connectivity index (χ3v) is 4.98. The molecule has 0 atom stereocenters. The molecule has 8 heteroatoms. The van der Waals surface area contributed by atoms with Gasteiger partial charge >= 0.3 is 0 Å². The summed E-state index contributed by atoms with van der Waals surface area (Å²) in [5.41, 5.74) is 4.46. The molecule has 0 radical (unpaired) electrons. The Balaban J connectivity index is 1.49. The zero-order valence-corrected chi connectivity index (χ0v) is 16.7. The zero-order chi connectivity index (χ0) is 19.8. The van der Waals surface area contributed by atoms with Crippen LogP contribution in [-0.2, 0) is 11.8 Å². The minimum Gasteiger partial charge on any atom is -0.305 e. The summed E-state index contributed by atoms with van der Waals surface area (Å²) in [7, 11) is 1.86. The number of halogens is 1. The molecule has 0 spiro atoms. The molecule has 0 fully saturated rings. The third-order valence-electron chi connectivity index (χ3n) is 3.71. The van der Waals surface area contributed by atoms with E-state index in [1.807, 2.05) is 60.2 Å². The second-order valence-electron chi connectivity index (χ2n) is 5.74. The van der Waals surface area contributed by atoms with E-state index >= 15 is 0 Å². The van der Waals surface area contributed by atoms with E-state index in [0.717, 1.165) is 11.1 Å². The first kappa shape index (κ1) is 19.9. The number of nitrogens with zero attached hydrogens (tertiary/aromatic N) is 4. The molecule has 1 aromatic heterocycles. The number of rotatable bonds is 7. The minimum absolute atomic E-state index is 0.187. The number of nitrogens with one attached hydrogen (secondary N) is 1. The highest BCUT2D eigenvalue weighted by molar-refractivity contribution is 7.99. The number of hydrazone groups is 1. The molecule has 28 heavy (non-hydrogen) atoms. The van der Waals surface area contributed by atoms with Crippen LogP contribution in [0.2, 0.25) is 5.02 Å². The Bertz CT molecular complexity index is 984. The molecule has 3 rings (SSSR count). The highest BCUT2D eigenvalue weighted by Gasteiger charge is 2.12. The van der Waals surface area contributed by atoms with Crippen molar-refractivity contribution < 1.29 is 4.79 Å². The number of hydrogen-bond acceptors (Lipinski definition) is 5. The first-order chi connectivity index (χ1) is 13.6. The number of thioether (sulfide) groups is 1. The molecule has 1 amide bonds. The Hall–Kier alpha value is -2.90. The number of benzene rings is 2. The number of aromatic nitrogens is 3. The monoisotopic (exact) mass is 411 g/mol. The van der Waals surface area contributed by atoms with Crippen LogP contribution in [0.3, 0.4) is 0 Å². The molecular weight excluding hydrogens is 394 g/mol. The summed E-state index contributed by atoms with van der Waals surface area (Å²) in [5.74, 6) is 0.681. The van der Waals surface area contributed by atoms with E-state index in [9.17, 15) is 4.79 Å². The van der Waals surface area contributed by atoms with Crippen LogP contribution in [0.4, 0.5) is 0 Å². The lowest BCUT2D eigenvalue weighted by molar-refractivity contribution is -0.118. The first-order valence-corrected chi connectivity index (χ1v) is 9.81. The zero-order valence-electron chi connectivity index (χ0n) is 15.1. The number of amides is 1. The van der Waals surface area contributed by atoms with Crippen molar-refractivity contribution in [1.29, 1.82) is 0 Å². The summed E-state index contributed by atoms with van der Waals surface area (Å²) in [6.07, 6.45) is 5.21. The van der Waals surface area contributed by atoms with Gasteiger partial charge in [-0.3, -0.25) is 4.79 Å². The van der Waals surface area contributed by atoms with Crippen LogP contribution in [0.5, 0.6) is 0 Å². The number of carbonyl (C=O) groups is 1. The van der Waals surface area contributed by atoms with E-state index in [1.54, 1.807) is 18.2 Å². The van der Waals surface area contributed by atoms with Gasteiger partial charge in [-0.15, -0.1) is 10.2 Å². The Morgan fingerprint density at radius 2 is 1.93 bits per heavy atom. The van der Waals surface area contributed by atoms with Gasteiger partial charge in [-0.1, -0.05) is 59.8 Å². The molecule has 0 aliphatic heterocycles. The lowest BCUT2D eigenvalue weighted by Crippen LogP contribution is -2.19. The molecule has 3 aromatic rings. The van der Waals surface area contributed by atoms with E-state index < -0.39 is 0 Å². The van der Waals surface area contributed by atoms with Crippen LogP contribution in [-0.4, -0.2) is 32.6 Å². The summed E-state index contributed by atoms with van der Waals surface area (Å²) in [6, 6.07) is 17.2. The Labute approximate surface area is 172 Å². The maximum absolute atomic E-state index is 11.9. The predicted octanol–water partition coefficient (Wildman–Crippen LogP) is 4.04. The maximum atomic E-state index is 11.9. The molecular formula is C20H18ClN5OS. The van der Waals surface area contributed by atoms with Crippen molar-refractivity contribution in [2.45, 2.75) is 5.16 Å². The van der Waals surface area contributed by atoms with E-state index in [-0.39, 0.29) is 11.7 Å². The fourth-order valence-corrected chi connectivity index (χ4v) is 3.15. The lowest BCUT2D eigenvalue weighted by atomic mass is 10.2. The SMILES string of the molecule is Cn1c(SCC(=O)N/N=C\C=C\c2ccccc2)nnc1-c1ccc(Cl)cc1. The predicted molar refractivity (Wildman–Crippen MR) is 114 cm³/mol. The van der Waals surface area contributed by atoms with Gasteiger partial charge in [0.25, 0.3) is 5.91 Å². The van der Waals surface area contributed by atoms with Crippen LogP contribution in [0.1, 0.15) is 5.56 Å². The Morgan fingerprint density at radius 3 is 2.68 bits per heavy atom. The fraction of sp³-hybridized carbons (Fsp3) is 0.100. The van der Waals surface area contributed by atoms with Crippen molar-refractivity contribution in [3.63, 3.8) is 0 Å². The van der Waals surface area contributed by atoms with Crippen LogP contribution in [0.15, 0.2) is 70.9 Å². The fourth-order valence-electron chi connectivity index (χ4n) is 2.32. The minimum atomic E-state index is -0.217. The molecule has 0 aliphatic carbocycles. The smallest absolute Gasteiger partial charge is 0.250 e. The van der Waals surface area contributed by atoms with Crippen molar-refractivity contribution in [2.24, 2.45) is 12.1 Å². The second-order valence-corrected chi connectivity index (χ2v) is 7.12. The van der Waals surface area contributed by atoms with Gasteiger partial charge in [-0.2, -0.15) is 5.10 Å². The molecule has 1 heterocycles. The van der Waals surface area contributed by atoms with Gasteiger partial charge in [0.1, 0.15) is 0 Å². The van der Waals surface area contributed by atoms with Gasteiger partial charge in [0.15, 0.2) is 11.0 Å². The number of allylic oxidation sites excluding steroid dienone is 1.